The summed E-state index contributed by atoms with van der Waals surface area (Å²) in [5.74, 6) is 0.126. The summed E-state index contributed by atoms with van der Waals surface area (Å²) in [5, 5.41) is 9.48. The number of thioether (sulfide) groups is 1. The van der Waals surface area contributed by atoms with Gasteiger partial charge >= 0.3 is 0 Å². The molecule has 2 rings (SSSR count). The van der Waals surface area contributed by atoms with Crippen molar-refractivity contribution >= 4 is 27.7 Å². The number of benzene rings is 1. The van der Waals surface area contributed by atoms with Crippen LogP contribution in [-0.4, -0.2) is 4.98 Å². The number of halogens is 2. The molecule has 0 unspecified atom stereocenters. The summed E-state index contributed by atoms with van der Waals surface area (Å²) >= 11 is 4.84. The highest BCUT2D eigenvalue weighted by molar-refractivity contribution is 9.10. The molecule has 0 saturated heterocycles. The number of aromatic nitrogens is 1. The molecule has 2 nitrogen and oxygen atoms in total. The summed E-state index contributed by atoms with van der Waals surface area (Å²) in [5.41, 5.74) is 0.900. The summed E-state index contributed by atoms with van der Waals surface area (Å²) in [6.07, 6.45) is 1.70. The molecular formula is C13H8BrFN2S. The minimum atomic E-state index is -0.353. The van der Waals surface area contributed by atoms with Crippen molar-refractivity contribution in [3.63, 3.8) is 0 Å². The zero-order valence-electron chi connectivity index (χ0n) is 9.23. The molecule has 2 aromatic rings. The lowest BCUT2D eigenvalue weighted by molar-refractivity contribution is 0.617. The maximum atomic E-state index is 13.6. The van der Waals surface area contributed by atoms with Gasteiger partial charge in [-0.15, -0.1) is 11.8 Å². The average molecular weight is 323 g/mol. The minimum Gasteiger partial charge on any atom is -0.249 e. The Morgan fingerprint density at radius 2 is 2.22 bits per heavy atom. The van der Waals surface area contributed by atoms with Crippen LogP contribution >= 0.6 is 27.7 Å². The van der Waals surface area contributed by atoms with Crippen LogP contribution in [-0.2, 0) is 5.75 Å². The maximum absolute atomic E-state index is 13.6. The molecule has 90 valence electrons. The van der Waals surface area contributed by atoms with Crippen molar-refractivity contribution in [2.75, 3.05) is 0 Å². The first-order valence-electron chi connectivity index (χ1n) is 5.12. The molecule has 0 aliphatic rings. The van der Waals surface area contributed by atoms with Crippen molar-refractivity contribution in [3.8, 4) is 6.07 Å². The van der Waals surface area contributed by atoms with Crippen molar-refractivity contribution in [3.05, 3.63) is 57.9 Å². The summed E-state index contributed by atoms with van der Waals surface area (Å²) in [4.78, 5) is 4.20. The Kier molecular flexibility index (Phi) is 4.34. The molecular weight excluding hydrogens is 315 g/mol. The third kappa shape index (κ3) is 3.09. The van der Waals surface area contributed by atoms with Crippen LogP contribution in [0.4, 0.5) is 4.39 Å². The Morgan fingerprint density at radius 1 is 1.39 bits per heavy atom. The number of rotatable bonds is 3. The van der Waals surface area contributed by atoms with Crippen LogP contribution in [0.2, 0.25) is 0 Å². The van der Waals surface area contributed by atoms with Crippen molar-refractivity contribution in [1.29, 1.82) is 5.26 Å². The Labute approximate surface area is 117 Å². The van der Waals surface area contributed by atoms with E-state index in [0.29, 0.717) is 16.9 Å². The van der Waals surface area contributed by atoms with Gasteiger partial charge in [-0.1, -0.05) is 6.07 Å². The van der Waals surface area contributed by atoms with E-state index in [9.17, 15) is 4.39 Å². The molecule has 0 saturated carbocycles. The highest BCUT2D eigenvalue weighted by Crippen LogP contribution is 2.28. The van der Waals surface area contributed by atoms with Crippen molar-refractivity contribution in [1.82, 2.24) is 4.98 Å². The average Bonchev–Trinajstić information content (AvgIpc) is 2.39. The van der Waals surface area contributed by atoms with Gasteiger partial charge in [0, 0.05) is 16.4 Å². The zero-order chi connectivity index (χ0) is 13.0. The minimum absolute atomic E-state index is 0.334. The molecule has 0 fully saturated rings. The molecule has 0 N–H and O–H groups in total. The first-order chi connectivity index (χ1) is 8.70. The maximum Gasteiger partial charge on any atom is 0.128 e. The van der Waals surface area contributed by atoms with E-state index in [1.807, 2.05) is 18.2 Å². The van der Waals surface area contributed by atoms with Crippen LogP contribution in [0.15, 0.2) is 46.0 Å². The van der Waals surface area contributed by atoms with E-state index < -0.39 is 0 Å². The van der Waals surface area contributed by atoms with Gasteiger partial charge in [-0.2, -0.15) is 5.26 Å². The second kappa shape index (κ2) is 5.98. The SMILES string of the molecule is N#Cc1ccc(CSc2ncccc2Br)c(F)c1. The molecule has 0 bridgehead atoms. The van der Waals surface area contributed by atoms with Crippen LogP contribution in [0, 0.1) is 17.1 Å². The lowest BCUT2D eigenvalue weighted by Crippen LogP contribution is -1.90. The van der Waals surface area contributed by atoms with Crippen LogP contribution < -0.4 is 0 Å². The number of hydrogen-bond acceptors (Lipinski definition) is 3. The van der Waals surface area contributed by atoms with Gasteiger partial charge < -0.3 is 0 Å². The van der Waals surface area contributed by atoms with Gasteiger partial charge in [0.1, 0.15) is 10.8 Å². The van der Waals surface area contributed by atoms with Gasteiger partial charge in [0.25, 0.3) is 0 Å². The van der Waals surface area contributed by atoms with E-state index in [-0.39, 0.29) is 5.82 Å². The lowest BCUT2D eigenvalue weighted by Gasteiger charge is -2.04. The lowest BCUT2D eigenvalue weighted by atomic mass is 10.1. The Hall–Kier alpha value is -1.38. The van der Waals surface area contributed by atoms with Crippen molar-refractivity contribution in [2.45, 2.75) is 10.8 Å². The molecule has 0 atom stereocenters. The fourth-order valence-corrected chi connectivity index (χ4v) is 2.82. The van der Waals surface area contributed by atoms with Crippen molar-refractivity contribution < 1.29 is 4.39 Å². The van der Waals surface area contributed by atoms with Gasteiger partial charge in [-0.05, 0) is 45.8 Å². The van der Waals surface area contributed by atoms with E-state index in [2.05, 4.69) is 20.9 Å². The standard InChI is InChI=1S/C13H8BrFN2S/c14-11-2-1-5-17-13(11)18-8-10-4-3-9(7-16)6-12(10)15/h1-6H,8H2. The van der Waals surface area contributed by atoms with E-state index in [0.717, 1.165) is 9.50 Å². The third-order valence-corrected chi connectivity index (χ3v) is 4.23. The summed E-state index contributed by atoms with van der Waals surface area (Å²) in [7, 11) is 0. The third-order valence-electron chi connectivity index (χ3n) is 2.27. The second-order valence-corrected chi connectivity index (χ2v) is 5.32. The van der Waals surface area contributed by atoms with Crippen LogP contribution in [0.3, 0.4) is 0 Å². The number of hydrogen-bond donors (Lipinski definition) is 0. The molecule has 0 spiro atoms. The van der Waals surface area contributed by atoms with Gasteiger partial charge in [0.15, 0.2) is 0 Å². The fourth-order valence-electron chi connectivity index (χ4n) is 1.36. The first-order valence-corrected chi connectivity index (χ1v) is 6.90. The first kappa shape index (κ1) is 13.1. The van der Waals surface area contributed by atoms with Gasteiger partial charge in [0.2, 0.25) is 0 Å². The predicted molar refractivity (Wildman–Crippen MR) is 72.6 cm³/mol. The highest BCUT2D eigenvalue weighted by Gasteiger charge is 2.06. The molecule has 1 heterocycles. The molecule has 0 aliphatic heterocycles. The molecule has 1 aromatic heterocycles. The second-order valence-electron chi connectivity index (χ2n) is 3.50. The smallest absolute Gasteiger partial charge is 0.128 e. The number of nitrogens with zero attached hydrogens (tertiary/aromatic N) is 2. The molecule has 0 aliphatic carbocycles. The largest absolute Gasteiger partial charge is 0.249 e. The van der Waals surface area contributed by atoms with E-state index >= 15 is 0 Å². The molecule has 1 aromatic carbocycles. The van der Waals surface area contributed by atoms with Gasteiger partial charge in [-0.25, -0.2) is 9.37 Å². The van der Waals surface area contributed by atoms with E-state index in [1.54, 1.807) is 18.3 Å². The number of nitriles is 1. The molecule has 18 heavy (non-hydrogen) atoms. The van der Waals surface area contributed by atoms with Crippen LogP contribution in [0.1, 0.15) is 11.1 Å². The molecule has 0 amide bonds. The van der Waals surface area contributed by atoms with Crippen LogP contribution in [0.5, 0.6) is 0 Å². The zero-order valence-corrected chi connectivity index (χ0v) is 11.6. The van der Waals surface area contributed by atoms with E-state index in [1.165, 1.54) is 17.8 Å². The Bertz CT molecular complexity index is 610. The van der Waals surface area contributed by atoms with E-state index in [4.69, 9.17) is 5.26 Å². The van der Waals surface area contributed by atoms with Gasteiger partial charge in [-0.3, -0.25) is 0 Å². The fraction of sp³-hybridized carbons (Fsp3) is 0.0769. The van der Waals surface area contributed by atoms with Crippen LogP contribution in [0.25, 0.3) is 0 Å². The number of pyridine rings is 1. The van der Waals surface area contributed by atoms with Crippen molar-refractivity contribution in [2.24, 2.45) is 0 Å². The topological polar surface area (TPSA) is 36.7 Å². The van der Waals surface area contributed by atoms with Gasteiger partial charge in [0.05, 0.1) is 11.6 Å². The quantitative estimate of drug-likeness (QED) is 0.796. The monoisotopic (exact) mass is 322 g/mol. The highest BCUT2D eigenvalue weighted by atomic mass is 79.9. The normalized spacial score (nSPS) is 10.1. The molecule has 5 heteroatoms. The summed E-state index contributed by atoms with van der Waals surface area (Å²) in [6, 6.07) is 10.1. The Morgan fingerprint density at radius 3 is 2.89 bits per heavy atom. The molecule has 0 radical (unpaired) electrons. The summed E-state index contributed by atoms with van der Waals surface area (Å²) in [6.45, 7) is 0. The summed E-state index contributed by atoms with van der Waals surface area (Å²) < 4.78 is 14.5. The Balaban J connectivity index is 2.12. The predicted octanol–water partition coefficient (Wildman–Crippen LogP) is 4.15.